The number of nitrogens with one attached hydrogen (secondary N) is 1. The van der Waals surface area contributed by atoms with E-state index in [-0.39, 0.29) is 11.7 Å². The molecule has 0 aliphatic rings. The summed E-state index contributed by atoms with van der Waals surface area (Å²) in [6.45, 7) is 0. The van der Waals surface area contributed by atoms with Crippen LogP contribution in [-0.4, -0.2) is 16.7 Å². The van der Waals surface area contributed by atoms with Gasteiger partial charge >= 0.3 is 0 Å². The zero-order valence-electron chi connectivity index (χ0n) is 13.2. The fourth-order valence-corrected chi connectivity index (χ4v) is 2.35. The summed E-state index contributed by atoms with van der Waals surface area (Å²) in [5.41, 5.74) is 1.51. The van der Waals surface area contributed by atoms with Crippen LogP contribution in [0.4, 0.5) is 5.69 Å². The molecule has 0 radical (unpaired) electrons. The second-order valence-corrected chi connectivity index (χ2v) is 5.49. The van der Waals surface area contributed by atoms with E-state index in [0.717, 1.165) is 36.9 Å². The first kappa shape index (κ1) is 16.9. The van der Waals surface area contributed by atoms with E-state index < -0.39 is 0 Å². The van der Waals surface area contributed by atoms with Gasteiger partial charge in [-0.1, -0.05) is 43.2 Å². The number of rotatable bonds is 9. The van der Waals surface area contributed by atoms with Gasteiger partial charge in [-0.2, -0.15) is 0 Å². The SMILES string of the molecule is O=C(CCCCCCC(=O)c1ccccc1)Nc1cccnc1. The Hall–Kier alpha value is -2.49. The minimum atomic E-state index is 0.0124. The number of aromatic nitrogens is 1. The topological polar surface area (TPSA) is 59.1 Å². The van der Waals surface area contributed by atoms with E-state index in [2.05, 4.69) is 10.3 Å². The molecular weight excluding hydrogens is 288 g/mol. The zero-order chi connectivity index (χ0) is 16.3. The van der Waals surface area contributed by atoms with Gasteiger partial charge in [-0.05, 0) is 25.0 Å². The van der Waals surface area contributed by atoms with Crippen molar-refractivity contribution in [2.45, 2.75) is 38.5 Å². The van der Waals surface area contributed by atoms with Crippen molar-refractivity contribution in [2.75, 3.05) is 5.32 Å². The first-order valence-electron chi connectivity index (χ1n) is 8.04. The molecule has 1 amide bonds. The summed E-state index contributed by atoms with van der Waals surface area (Å²) in [6.07, 6.45) is 8.03. The molecule has 4 heteroatoms. The Morgan fingerprint density at radius 2 is 1.61 bits per heavy atom. The van der Waals surface area contributed by atoms with Crippen molar-refractivity contribution < 1.29 is 9.59 Å². The Bertz CT molecular complexity index is 612. The normalized spacial score (nSPS) is 10.3. The molecule has 2 rings (SSSR count). The number of benzene rings is 1. The van der Waals surface area contributed by atoms with E-state index in [1.165, 1.54) is 0 Å². The summed E-state index contributed by atoms with van der Waals surface area (Å²) in [5.74, 6) is 0.207. The molecule has 120 valence electrons. The molecule has 4 nitrogen and oxygen atoms in total. The van der Waals surface area contributed by atoms with Crippen molar-refractivity contribution in [3.63, 3.8) is 0 Å². The van der Waals surface area contributed by atoms with Crippen LogP contribution in [0.25, 0.3) is 0 Å². The van der Waals surface area contributed by atoms with Gasteiger partial charge in [-0.25, -0.2) is 0 Å². The van der Waals surface area contributed by atoms with Crippen LogP contribution in [-0.2, 0) is 4.79 Å². The number of pyridine rings is 1. The van der Waals surface area contributed by atoms with Gasteiger partial charge in [-0.15, -0.1) is 0 Å². The molecule has 0 saturated carbocycles. The molecule has 2 aromatic rings. The lowest BCUT2D eigenvalue weighted by Crippen LogP contribution is -2.11. The van der Waals surface area contributed by atoms with Crippen molar-refractivity contribution in [2.24, 2.45) is 0 Å². The van der Waals surface area contributed by atoms with E-state index in [1.54, 1.807) is 18.5 Å². The number of hydrogen-bond acceptors (Lipinski definition) is 3. The summed E-state index contributed by atoms with van der Waals surface area (Å²) in [6, 6.07) is 13.0. The third kappa shape index (κ3) is 6.43. The van der Waals surface area contributed by atoms with Gasteiger partial charge in [0, 0.05) is 24.6 Å². The van der Waals surface area contributed by atoms with Crippen LogP contribution in [0.3, 0.4) is 0 Å². The molecule has 1 N–H and O–H groups in total. The summed E-state index contributed by atoms with van der Waals surface area (Å²) in [4.78, 5) is 27.6. The van der Waals surface area contributed by atoms with Gasteiger partial charge in [0.2, 0.25) is 5.91 Å². The highest BCUT2D eigenvalue weighted by Crippen LogP contribution is 2.11. The molecule has 0 unspecified atom stereocenters. The number of Topliss-reactive ketones (excluding diaryl/α,β-unsaturated/α-hetero) is 1. The Balaban J connectivity index is 1.54. The summed E-state index contributed by atoms with van der Waals surface area (Å²) >= 11 is 0. The van der Waals surface area contributed by atoms with E-state index in [1.807, 2.05) is 36.4 Å². The van der Waals surface area contributed by atoms with Gasteiger partial charge in [0.05, 0.1) is 11.9 Å². The molecule has 0 aliphatic carbocycles. The Morgan fingerprint density at radius 3 is 2.30 bits per heavy atom. The molecule has 0 aliphatic heterocycles. The van der Waals surface area contributed by atoms with Gasteiger partial charge < -0.3 is 5.32 Å². The minimum absolute atomic E-state index is 0.0124. The molecule has 0 atom stereocenters. The summed E-state index contributed by atoms with van der Waals surface area (Å²) in [7, 11) is 0. The predicted molar refractivity (Wildman–Crippen MR) is 91.3 cm³/mol. The Labute approximate surface area is 137 Å². The maximum absolute atomic E-state index is 11.9. The molecule has 0 saturated heterocycles. The molecule has 0 bridgehead atoms. The maximum atomic E-state index is 11.9. The number of nitrogens with zero attached hydrogens (tertiary/aromatic N) is 1. The molecule has 1 heterocycles. The monoisotopic (exact) mass is 310 g/mol. The van der Waals surface area contributed by atoms with Crippen LogP contribution in [0, 0.1) is 0 Å². The number of hydrogen-bond donors (Lipinski definition) is 1. The average molecular weight is 310 g/mol. The van der Waals surface area contributed by atoms with Crippen molar-refractivity contribution in [1.82, 2.24) is 4.98 Å². The number of amides is 1. The lowest BCUT2D eigenvalue weighted by Gasteiger charge is -2.04. The maximum Gasteiger partial charge on any atom is 0.224 e. The summed E-state index contributed by atoms with van der Waals surface area (Å²) < 4.78 is 0. The second kappa shape index (κ2) is 9.51. The Morgan fingerprint density at radius 1 is 0.870 bits per heavy atom. The second-order valence-electron chi connectivity index (χ2n) is 5.49. The number of anilines is 1. The lowest BCUT2D eigenvalue weighted by atomic mass is 10.0. The smallest absolute Gasteiger partial charge is 0.224 e. The van der Waals surface area contributed by atoms with Gasteiger partial charge in [0.25, 0.3) is 0 Å². The third-order valence-electron chi connectivity index (χ3n) is 3.60. The number of ketones is 1. The third-order valence-corrected chi connectivity index (χ3v) is 3.60. The van der Waals surface area contributed by atoms with Crippen LogP contribution in [0.2, 0.25) is 0 Å². The molecule has 23 heavy (non-hydrogen) atoms. The van der Waals surface area contributed by atoms with Gasteiger partial charge in [0.1, 0.15) is 0 Å². The standard InChI is InChI=1S/C19H22N2O2/c22-18(16-9-4-3-5-10-16)12-6-1-2-7-13-19(23)21-17-11-8-14-20-15-17/h3-5,8-11,14-15H,1-2,6-7,12-13H2,(H,21,23). The highest BCUT2D eigenvalue weighted by molar-refractivity contribution is 5.95. The van der Waals surface area contributed by atoms with Gasteiger partial charge in [0.15, 0.2) is 5.78 Å². The van der Waals surface area contributed by atoms with Crippen molar-refractivity contribution in [3.05, 3.63) is 60.4 Å². The van der Waals surface area contributed by atoms with Crippen LogP contribution >= 0.6 is 0 Å². The lowest BCUT2D eigenvalue weighted by molar-refractivity contribution is -0.116. The molecule has 0 spiro atoms. The fraction of sp³-hybridized carbons (Fsp3) is 0.316. The largest absolute Gasteiger partial charge is 0.325 e. The van der Waals surface area contributed by atoms with E-state index in [4.69, 9.17) is 0 Å². The zero-order valence-corrected chi connectivity index (χ0v) is 13.2. The quantitative estimate of drug-likeness (QED) is 0.556. The van der Waals surface area contributed by atoms with Crippen molar-refractivity contribution >= 4 is 17.4 Å². The van der Waals surface area contributed by atoms with Crippen LogP contribution in [0.5, 0.6) is 0 Å². The number of carbonyl (C=O) groups is 2. The van der Waals surface area contributed by atoms with Crippen molar-refractivity contribution in [1.29, 1.82) is 0 Å². The first-order valence-corrected chi connectivity index (χ1v) is 8.04. The highest BCUT2D eigenvalue weighted by atomic mass is 16.1. The number of carbonyl (C=O) groups excluding carboxylic acids is 2. The number of unbranched alkanes of at least 4 members (excludes halogenated alkanes) is 3. The molecule has 1 aromatic heterocycles. The molecule has 0 fully saturated rings. The first-order chi connectivity index (χ1) is 11.3. The molecular formula is C19H22N2O2. The fourth-order valence-electron chi connectivity index (χ4n) is 2.35. The predicted octanol–water partition coefficient (Wildman–Crippen LogP) is 4.24. The average Bonchev–Trinajstić information content (AvgIpc) is 2.59. The van der Waals surface area contributed by atoms with Crippen molar-refractivity contribution in [3.8, 4) is 0 Å². The van der Waals surface area contributed by atoms with Crippen LogP contribution in [0.15, 0.2) is 54.9 Å². The van der Waals surface area contributed by atoms with E-state index in [0.29, 0.717) is 12.8 Å². The van der Waals surface area contributed by atoms with Crippen LogP contribution < -0.4 is 5.32 Å². The van der Waals surface area contributed by atoms with E-state index in [9.17, 15) is 9.59 Å². The van der Waals surface area contributed by atoms with Crippen LogP contribution in [0.1, 0.15) is 48.9 Å². The Kier molecular flexibility index (Phi) is 6.98. The highest BCUT2D eigenvalue weighted by Gasteiger charge is 2.05. The van der Waals surface area contributed by atoms with E-state index >= 15 is 0 Å². The summed E-state index contributed by atoms with van der Waals surface area (Å²) in [5, 5.41) is 2.82. The molecule has 1 aromatic carbocycles. The minimum Gasteiger partial charge on any atom is -0.325 e. The van der Waals surface area contributed by atoms with Gasteiger partial charge in [-0.3, -0.25) is 14.6 Å².